The largest absolute Gasteiger partial charge is 0.367 e. The maximum absolute atomic E-state index is 12.9. The van der Waals surface area contributed by atoms with Crippen LogP contribution in [0.3, 0.4) is 0 Å². The summed E-state index contributed by atoms with van der Waals surface area (Å²) in [7, 11) is 0. The summed E-state index contributed by atoms with van der Waals surface area (Å²) in [6, 6.07) is 5.53. The van der Waals surface area contributed by atoms with Crippen molar-refractivity contribution in [2.24, 2.45) is 0 Å². The van der Waals surface area contributed by atoms with E-state index in [1.807, 2.05) is 22.4 Å². The molecular formula is C19H20N2O3S. The molecule has 5 nitrogen and oxygen atoms in total. The van der Waals surface area contributed by atoms with Gasteiger partial charge in [-0.3, -0.25) is 9.59 Å². The Bertz CT molecular complexity index is 788. The van der Waals surface area contributed by atoms with Crippen LogP contribution < -0.4 is 0 Å². The van der Waals surface area contributed by atoms with Crippen molar-refractivity contribution in [3.8, 4) is 0 Å². The summed E-state index contributed by atoms with van der Waals surface area (Å²) in [4.78, 5) is 31.2. The van der Waals surface area contributed by atoms with Gasteiger partial charge in [0.2, 0.25) is 0 Å². The van der Waals surface area contributed by atoms with Crippen LogP contribution in [-0.2, 0) is 11.2 Å². The number of hydrogen-bond donors (Lipinski definition) is 0. The molecule has 2 aliphatic rings. The minimum atomic E-state index is -0.153. The first kappa shape index (κ1) is 16.4. The van der Waals surface area contributed by atoms with E-state index in [1.54, 1.807) is 23.6 Å². The number of fused-ring (bicyclic) bond motifs is 1. The lowest BCUT2D eigenvalue weighted by atomic mass is 9.98. The number of ether oxygens (including phenoxy) is 1. The van der Waals surface area contributed by atoms with Gasteiger partial charge in [-0.05, 0) is 37.0 Å². The van der Waals surface area contributed by atoms with Crippen molar-refractivity contribution in [2.45, 2.75) is 31.8 Å². The topological polar surface area (TPSA) is 59.5 Å². The number of hydrogen-bond acceptors (Lipinski definition) is 5. The van der Waals surface area contributed by atoms with Crippen molar-refractivity contribution in [1.29, 1.82) is 0 Å². The molecule has 1 aliphatic carbocycles. The number of thiazole rings is 1. The third-order valence-electron chi connectivity index (χ3n) is 4.83. The van der Waals surface area contributed by atoms with Gasteiger partial charge in [-0.1, -0.05) is 6.07 Å². The Labute approximate surface area is 150 Å². The van der Waals surface area contributed by atoms with E-state index >= 15 is 0 Å². The molecule has 2 heterocycles. The van der Waals surface area contributed by atoms with E-state index in [4.69, 9.17) is 4.74 Å². The minimum Gasteiger partial charge on any atom is -0.367 e. The smallest absolute Gasteiger partial charge is 0.254 e. The summed E-state index contributed by atoms with van der Waals surface area (Å²) in [5.74, 6) is 0.200. The number of morpholine rings is 1. The van der Waals surface area contributed by atoms with Crippen molar-refractivity contribution in [2.75, 3.05) is 19.7 Å². The summed E-state index contributed by atoms with van der Waals surface area (Å²) in [5, 5.41) is 2.83. The zero-order valence-electron chi connectivity index (χ0n) is 13.9. The zero-order valence-corrected chi connectivity index (χ0v) is 14.8. The standard InChI is InChI=1S/C19H20N2O3S/c22-16-4-2-1-3-13-11-14(5-6-15(13)16)19(23)21-8-9-24-17(12-21)18-20-7-10-25-18/h5-7,10-11,17H,1-4,8-9,12H2. The zero-order chi connectivity index (χ0) is 17.2. The molecule has 1 aromatic carbocycles. The second-order valence-corrected chi connectivity index (χ2v) is 7.41. The third-order valence-corrected chi connectivity index (χ3v) is 5.70. The molecule has 6 heteroatoms. The van der Waals surface area contributed by atoms with Crippen LogP contribution in [0.5, 0.6) is 0 Å². The van der Waals surface area contributed by atoms with Crippen LogP contribution >= 0.6 is 11.3 Å². The molecule has 1 unspecified atom stereocenters. The van der Waals surface area contributed by atoms with Crippen molar-refractivity contribution >= 4 is 23.0 Å². The number of carbonyl (C=O) groups is 2. The highest BCUT2D eigenvalue weighted by molar-refractivity contribution is 7.09. The van der Waals surface area contributed by atoms with Crippen LogP contribution in [0.15, 0.2) is 29.8 Å². The molecule has 25 heavy (non-hydrogen) atoms. The molecule has 0 radical (unpaired) electrons. The molecule has 1 fully saturated rings. The normalized spacial score (nSPS) is 20.9. The molecule has 0 spiro atoms. The van der Waals surface area contributed by atoms with Gasteiger partial charge in [0.1, 0.15) is 11.1 Å². The van der Waals surface area contributed by atoms with Crippen LogP contribution in [0.2, 0.25) is 0 Å². The molecule has 0 bridgehead atoms. The fourth-order valence-electron chi connectivity index (χ4n) is 3.50. The molecule has 1 saturated heterocycles. The fraction of sp³-hybridized carbons (Fsp3) is 0.421. The average molecular weight is 356 g/mol. The van der Waals surface area contributed by atoms with Crippen molar-refractivity contribution in [3.63, 3.8) is 0 Å². The van der Waals surface area contributed by atoms with Gasteiger partial charge >= 0.3 is 0 Å². The number of aryl methyl sites for hydroxylation is 1. The van der Waals surface area contributed by atoms with Gasteiger partial charge in [-0.25, -0.2) is 4.98 Å². The predicted octanol–water partition coefficient (Wildman–Crippen LogP) is 3.27. The number of carbonyl (C=O) groups excluding carboxylic acids is 2. The minimum absolute atomic E-state index is 0.00403. The van der Waals surface area contributed by atoms with E-state index in [9.17, 15) is 9.59 Å². The number of amides is 1. The first-order valence-corrected chi connectivity index (χ1v) is 9.57. The number of benzene rings is 1. The highest BCUT2D eigenvalue weighted by Crippen LogP contribution is 2.26. The third kappa shape index (κ3) is 3.37. The van der Waals surface area contributed by atoms with Gasteiger partial charge in [0.15, 0.2) is 5.78 Å². The lowest BCUT2D eigenvalue weighted by Gasteiger charge is -2.32. The van der Waals surface area contributed by atoms with Gasteiger partial charge in [-0.15, -0.1) is 11.3 Å². The van der Waals surface area contributed by atoms with Gasteiger partial charge < -0.3 is 9.64 Å². The predicted molar refractivity (Wildman–Crippen MR) is 95.0 cm³/mol. The summed E-state index contributed by atoms with van der Waals surface area (Å²) >= 11 is 1.55. The van der Waals surface area contributed by atoms with Crippen LogP contribution in [0.4, 0.5) is 0 Å². The first-order chi connectivity index (χ1) is 12.2. The Balaban J connectivity index is 1.54. The highest BCUT2D eigenvalue weighted by atomic mass is 32.1. The van der Waals surface area contributed by atoms with E-state index in [0.29, 0.717) is 31.7 Å². The molecule has 1 aromatic heterocycles. The maximum atomic E-state index is 12.9. The van der Waals surface area contributed by atoms with E-state index in [0.717, 1.165) is 35.4 Å². The Kier molecular flexibility index (Phi) is 4.63. The molecular weight excluding hydrogens is 336 g/mol. The molecule has 130 valence electrons. The number of nitrogens with zero attached hydrogens (tertiary/aromatic N) is 2. The number of aromatic nitrogens is 1. The van der Waals surface area contributed by atoms with Crippen molar-refractivity contribution < 1.29 is 14.3 Å². The Hall–Kier alpha value is -2.05. The molecule has 4 rings (SSSR count). The van der Waals surface area contributed by atoms with Crippen LogP contribution in [0.1, 0.15) is 56.7 Å². The van der Waals surface area contributed by atoms with E-state index in [1.165, 1.54) is 0 Å². The second kappa shape index (κ2) is 7.06. The molecule has 2 aromatic rings. The van der Waals surface area contributed by atoms with Crippen molar-refractivity contribution in [3.05, 3.63) is 51.5 Å². The Morgan fingerprint density at radius 1 is 1.28 bits per heavy atom. The van der Waals surface area contributed by atoms with Gasteiger partial charge in [-0.2, -0.15) is 0 Å². The molecule has 1 aliphatic heterocycles. The van der Waals surface area contributed by atoms with Gasteiger partial charge in [0.25, 0.3) is 5.91 Å². The number of rotatable bonds is 2. The number of Topliss-reactive ketones (excluding diaryl/α,β-unsaturated/α-hetero) is 1. The lowest BCUT2D eigenvalue weighted by Crippen LogP contribution is -2.42. The van der Waals surface area contributed by atoms with E-state index in [2.05, 4.69) is 4.98 Å². The van der Waals surface area contributed by atoms with Crippen LogP contribution in [-0.4, -0.2) is 41.3 Å². The van der Waals surface area contributed by atoms with E-state index in [-0.39, 0.29) is 17.8 Å². The average Bonchev–Trinajstić information content (AvgIpc) is 3.13. The number of ketones is 1. The van der Waals surface area contributed by atoms with E-state index < -0.39 is 0 Å². The van der Waals surface area contributed by atoms with Gasteiger partial charge in [0.05, 0.1) is 13.2 Å². The highest BCUT2D eigenvalue weighted by Gasteiger charge is 2.28. The van der Waals surface area contributed by atoms with Crippen molar-refractivity contribution in [1.82, 2.24) is 9.88 Å². The maximum Gasteiger partial charge on any atom is 0.254 e. The summed E-state index contributed by atoms with van der Waals surface area (Å²) in [5.41, 5.74) is 2.46. The second-order valence-electron chi connectivity index (χ2n) is 6.48. The summed E-state index contributed by atoms with van der Waals surface area (Å²) < 4.78 is 5.77. The molecule has 1 amide bonds. The first-order valence-electron chi connectivity index (χ1n) is 8.69. The summed E-state index contributed by atoms with van der Waals surface area (Å²) in [6.45, 7) is 1.61. The molecule has 0 saturated carbocycles. The Morgan fingerprint density at radius 2 is 2.16 bits per heavy atom. The molecule has 0 N–H and O–H groups in total. The lowest BCUT2D eigenvalue weighted by molar-refractivity contribution is -0.0229. The summed E-state index contributed by atoms with van der Waals surface area (Å²) in [6.07, 6.45) is 5.01. The van der Waals surface area contributed by atoms with Gasteiger partial charge in [0, 0.05) is 35.7 Å². The Morgan fingerprint density at radius 3 is 3.00 bits per heavy atom. The SMILES string of the molecule is O=C1CCCCc2cc(C(=O)N3CCOC(c4nccs4)C3)ccc21. The quantitative estimate of drug-likeness (QED) is 0.775. The molecule has 1 atom stereocenters. The monoisotopic (exact) mass is 356 g/mol. The van der Waals surface area contributed by atoms with Crippen LogP contribution in [0, 0.1) is 0 Å². The fourth-order valence-corrected chi connectivity index (χ4v) is 4.18. The van der Waals surface area contributed by atoms with Crippen LogP contribution in [0.25, 0.3) is 0 Å².